The average Bonchev–Trinajstić information content (AvgIpc) is 3.22. The Morgan fingerprint density at radius 2 is 1.37 bits per heavy atom. The number of halogens is 6. The highest BCUT2D eigenvalue weighted by Gasteiger charge is 2.54. The maximum absolute atomic E-state index is 13.5. The van der Waals surface area contributed by atoms with E-state index in [0.717, 1.165) is 11.3 Å². The molecule has 5 nitrogen and oxygen atoms in total. The molecule has 0 radical (unpaired) electrons. The number of amides is 2. The number of anilines is 1. The van der Waals surface area contributed by atoms with Gasteiger partial charge >= 0.3 is 12.4 Å². The van der Waals surface area contributed by atoms with E-state index in [1.807, 2.05) is 65.6 Å². The summed E-state index contributed by atoms with van der Waals surface area (Å²) in [5.74, 6) is -1.16. The van der Waals surface area contributed by atoms with Crippen molar-refractivity contribution >= 4 is 17.5 Å². The Labute approximate surface area is 232 Å². The number of hydrogen-bond acceptors (Lipinski definition) is 3. The van der Waals surface area contributed by atoms with Gasteiger partial charge < -0.3 is 15.1 Å². The molecule has 0 bridgehead atoms. The molecule has 1 N–H and O–H groups in total. The van der Waals surface area contributed by atoms with E-state index in [9.17, 15) is 35.9 Å². The van der Waals surface area contributed by atoms with Gasteiger partial charge in [-0.25, -0.2) is 0 Å². The number of para-hydroxylation sites is 1. The molecular formula is C30H27F6N3O2. The standard InChI is InChI=1S/C30H27F6N3O2/c31-29(32,33)22-17-21(18-23(19-22)30(34,35)36)26(40)38-15-13-28(14-16-38)27(41)37-25(12-11-20-7-3-1-4-8-20)39(28)24-9-5-2-6-10-24/h1-10,17-19,25H,11-16H2,(H,37,41). The van der Waals surface area contributed by atoms with Crippen molar-refractivity contribution in [3.63, 3.8) is 0 Å². The molecule has 3 aromatic rings. The highest BCUT2D eigenvalue weighted by molar-refractivity contribution is 5.97. The Balaban J connectivity index is 1.39. The minimum atomic E-state index is -5.06. The molecule has 41 heavy (non-hydrogen) atoms. The van der Waals surface area contributed by atoms with E-state index in [4.69, 9.17) is 0 Å². The maximum Gasteiger partial charge on any atom is 0.416 e. The number of likely N-dealkylation sites (tertiary alicyclic amines) is 1. The van der Waals surface area contributed by atoms with Crippen molar-refractivity contribution in [2.24, 2.45) is 0 Å². The van der Waals surface area contributed by atoms with Crippen molar-refractivity contribution in [2.45, 2.75) is 49.7 Å². The van der Waals surface area contributed by atoms with Gasteiger partial charge in [0.2, 0.25) is 5.91 Å². The molecule has 0 saturated carbocycles. The number of nitrogens with zero attached hydrogens (tertiary/aromatic N) is 2. The molecule has 5 rings (SSSR count). The number of rotatable bonds is 5. The van der Waals surface area contributed by atoms with Gasteiger partial charge in [-0.1, -0.05) is 48.5 Å². The summed E-state index contributed by atoms with van der Waals surface area (Å²) in [6.07, 6.45) is -8.83. The maximum atomic E-state index is 13.5. The SMILES string of the molecule is O=C(c1cc(C(F)(F)F)cc(C(F)(F)F)c1)N1CCC2(CC1)C(=O)NC(CCc1ccccc1)N2c1ccccc1. The van der Waals surface area contributed by atoms with Crippen LogP contribution < -0.4 is 10.2 Å². The average molecular weight is 576 g/mol. The van der Waals surface area contributed by atoms with Crippen molar-refractivity contribution in [2.75, 3.05) is 18.0 Å². The summed E-state index contributed by atoms with van der Waals surface area (Å²) in [5.41, 5.74) is -2.90. The minimum Gasteiger partial charge on any atom is -0.338 e. The van der Waals surface area contributed by atoms with Crippen LogP contribution in [0.25, 0.3) is 0 Å². The molecular weight excluding hydrogens is 548 g/mol. The third-order valence-electron chi connectivity index (χ3n) is 7.79. The zero-order valence-corrected chi connectivity index (χ0v) is 21.8. The zero-order valence-electron chi connectivity index (χ0n) is 21.8. The van der Waals surface area contributed by atoms with Crippen molar-refractivity contribution in [1.29, 1.82) is 0 Å². The predicted octanol–water partition coefficient (Wildman–Crippen LogP) is 6.29. The Morgan fingerprint density at radius 1 is 0.829 bits per heavy atom. The lowest BCUT2D eigenvalue weighted by Crippen LogP contribution is -2.58. The third kappa shape index (κ3) is 5.75. The first kappa shape index (κ1) is 28.5. The second kappa shape index (κ2) is 10.8. The third-order valence-corrected chi connectivity index (χ3v) is 7.79. The van der Waals surface area contributed by atoms with Crippen LogP contribution in [0.1, 0.15) is 46.3 Å². The molecule has 2 fully saturated rings. The highest BCUT2D eigenvalue weighted by atomic mass is 19.4. The molecule has 216 valence electrons. The predicted molar refractivity (Wildman–Crippen MR) is 140 cm³/mol. The molecule has 2 heterocycles. The van der Waals surface area contributed by atoms with Crippen molar-refractivity contribution in [3.05, 3.63) is 101 Å². The molecule has 0 aromatic heterocycles. The van der Waals surface area contributed by atoms with E-state index in [-0.39, 0.29) is 44.1 Å². The summed E-state index contributed by atoms with van der Waals surface area (Å²) in [6, 6.07) is 20.0. The number of piperidine rings is 1. The first-order valence-electron chi connectivity index (χ1n) is 13.2. The van der Waals surface area contributed by atoms with E-state index in [1.54, 1.807) is 0 Å². The van der Waals surface area contributed by atoms with Crippen LogP contribution >= 0.6 is 0 Å². The Kier molecular flexibility index (Phi) is 7.48. The van der Waals surface area contributed by atoms with E-state index in [0.29, 0.717) is 25.0 Å². The zero-order chi connectivity index (χ0) is 29.4. The fraction of sp³-hybridized carbons (Fsp3) is 0.333. The minimum absolute atomic E-state index is 0.00182. The van der Waals surface area contributed by atoms with Crippen LogP contribution in [-0.2, 0) is 23.6 Å². The smallest absolute Gasteiger partial charge is 0.338 e. The van der Waals surface area contributed by atoms with Crippen LogP contribution in [0.15, 0.2) is 78.9 Å². The fourth-order valence-corrected chi connectivity index (χ4v) is 5.73. The Morgan fingerprint density at radius 3 is 1.90 bits per heavy atom. The van der Waals surface area contributed by atoms with Crippen molar-refractivity contribution < 1.29 is 35.9 Å². The van der Waals surface area contributed by atoms with Gasteiger partial charge in [-0.3, -0.25) is 9.59 Å². The lowest BCUT2D eigenvalue weighted by Gasteiger charge is -2.45. The number of hydrogen-bond donors (Lipinski definition) is 1. The highest BCUT2D eigenvalue weighted by Crippen LogP contribution is 2.41. The van der Waals surface area contributed by atoms with Gasteiger partial charge in [0, 0.05) is 24.3 Å². The van der Waals surface area contributed by atoms with Gasteiger partial charge in [-0.05, 0) is 61.6 Å². The molecule has 11 heteroatoms. The van der Waals surface area contributed by atoms with E-state index in [1.165, 1.54) is 4.90 Å². The molecule has 0 aliphatic carbocycles. The second-order valence-electron chi connectivity index (χ2n) is 10.3. The summed E-state index contributed by atoms with van der Waals surface area (Å²) < 4.78 is 80.1. The van der Waals surface area contributed by atoms with Gasteiger partial charge in [-0.15, -0.1) is 0 Å². The van der Waals surface area contributed by atoms with Gasteiger partial charge in [0.05, 0.1) is 11.1 Å². The van der Waals surface area contributed by atoms with Gasteiger partial charge in [-0.2, -0.15) is 26.3 Å². The largest absolute Gasteiger partial charge is 0.416 e. The van der Waals surface area contributed by atoms with E-state index in [2.05, 4.69) is 5.32 Å². The Bertz CT molecular complexity index is 1370. The number of carbonyl (C=O) groups is 2. The van der Waals surface area contributed by atoms with Crippen LogP contribution in [0.2, 0.25) is 0 Å². The van der Waals surface area contributed by atoms with Crippen molar-refractivity contribution in [3.8, 4) is 0 Å². The quantitative estimate of drug-likeness (QED) is 0.364. The molecule has 2 aliphatic heterocycles. The van der Waals surface area contributed by atoms with Crippen LogP contribution in [0, 0.1) is 0 Å². The molecule has 2 aliphatic rings. The van der Waals surface area contributed by atoms with Crippen LogP contribution in [0.3, 0.4) is 0 Å². The van der Waals surface area contributed by atoms with Crippen LogP contribution in [0.5, 0.6) is 0 Å². The van der Waals surface area contributed by atoms with Gasteiger partial charge in [0.25, 0.3) is 5.91 Å². The lowest BCUT2D eigenvalue weighted by atomic mass is 9.85. The molecule has 1 atom stereocenters. The van der Waals surface area contributed by atoms with Crippen LogP contribution in [-0.4, -0.2) is 41.5 Å². The van der Waals surface area contributed by atoms with Crippen LogP contribution in [0.4, 0.5) is 32.0 Å². The number of benzene rings is 3. The number of nitrogens with one attached hydrogen (secondary N) is 1. The number of alkyl halides is 6. The van der Waals surface area contributed by atoms with E-state index >= 15 is 0 Å². The van der Waals surface area contributed by atoms with Gasteiger partial charge in [0.1, 0.15) is 11.7 Å². The Hall–Kier alpha value is -4.02. The summed E-state index contributed by atoms with van der Waals surface area (Å²) in [7, 11) is 0. The monoisotopic (exact) mass is 575 g/mol. The molecule has 3 aromatic carbocycles. The lowest BCUT2D eigenvalue weighted by molar-refractivity contribution is -0.143. The fourth-order valence-electron chi connectivity index (χ4n) is 5.73. The molecule has 1 unspecified atom stereocenters. The summed E-state index contributed by atoms with van der Waals surface area (Å²) >= 11 is 0. The molecule has 2 saturated heterocycles. The molecule has 2 amide bonds. The molecule has 1 spiro atoms. The first-order chi connectivity index (χ1) is 19.4. The number of carbonyl (C=O) groups excluding carboxylic acids is 2. The first-order valence-corrected chi connectivity index (χ1v) is 13.2. The summed E-state index contributed by atoms with van der Waals surface area (Å²) in [5, 5.41) is 3.09. The van der Waals surface area contributed by atoms with Gasteiger partial charge in [0.15, 0.2) is 0 Å². The summed E-state index contributed by atoms with van der Waals surface area (Å²) in [4.78, 5) is 29.9. The number of aryl methyl sites for hydroxylation is 1. The van der Waals surface area contributed by atoms with E-state index < -0.39 is 40.5 Å². The van der Waals surface area contributed by atoms with Crippen molar-refractivity contribution in [1.82, 2.24) is 10.2 Å². The normalized spacial score (nSPS) is 19.0. The second-order valence-corrected chi connectivity index (χ2v) is 10.3. The summed E-state index contributed by atoms with van der Waals surface area (Å²) in [6.45, 7) is -0.0306. The topological polar surface area (TPSA) is 52.7 Å².